The van der Waals surface area contributed by atoms with E-state index in [4.69, 9.17) is 9.47 Å². The van der Waals surface area contributed by atoms with Crippen LogP contribution >= 0.6 is 11.3 Å². The summed E-state index contributed by atoms with van der Waals surface area (Å²) in [7, 11) is 0. The average molecular weight is 431 g/mol. The van der Waals surface area contributed by atoms with Crippen molar-refractivity contribution < 1.29 is 19.1 Å². The van der Waals surface area contributed by atoms with Crippen LogP contribution in [0.5, 0.6) is 5.75 Å². The number of hydrogen-bond donors (Lipinski definition) is 1. The van der Waals surface area contributed by atoms with E-state index in [-0.39, 0.29) is 12.1 Å². The molecule has 1 aliphatic rings. The third-order valence-corrected chi connectivity index (χ3v) is 5.69. The lowest BCUT2D eigenvalue weighted by Crippen LogP contribution is -2.44. The second-order valence-electron chi connectivity index (χ2n) is 8.41. The molecule has 1 aliphatic heterocycles. The number of hydrogen-bond acceptors (Lipinski definition) is 6. The first kappa shape index (κ1) is 22.3. The smallest absolute Gasteiger partial charge is 0.329 e. The van der Waals surface area contributed by atoms with Crippen LogP contribution in [-0.2, 0) is 20.7 Å². The van der Waals surface area contributed by atoms with Gasteiger partial charge in [-0.1, -0.05) is 18.2 Å². The minimum absolute atomic E-state index is 0.127. The first-order valence-electron chi connectivity index (χ1n) is 10.3. The number of rotatable bonds is 10. The fraction of sp³-hybridized carbons (Fsp3) is 0.478. The quantitative estimate of drug-likeness (QED) is 0.353. The Hall–Kier alpha value is -2.38. The predicted molar refractivity (Wildman–Crippen MR) is 119 cm³/mol. The van der Waals surface area contributed by atoms with Gasteiger partial charge in [-0.25, -0.2) is 4.79 Å². The Labute approximate surface area is 182 Å². The number of carbonyl (C=O) groups excluding carboxylic acids is 2. The van der Waals surface area contributed by atoms with Crippen molar-refractivity contribution in [3.8, 4) is 5.75 Å². The molecule has 7 heteroatoms. The fourth-order valence-electron chi connectivity index (χ4n) is 3.49. The number of amides is 1. The van der Waals surface area contributed by atoms with Crippen molar-refractivity contribution in [1.82, 2.24) is 5.32 Å². The number of anilines is 1. The molecule has 0 radical (unpaired) electrons. The second-order valence-corrected chi connectivity index (χ2v) is 9.34. The van der Waals surface area contributed by atoms with Gasteiger partial charge in [-0.3, -0.25) is 9.69 Å². The zero-order valence-corrected chi connectivity index (χ0v) is 18.6. The maximum Gasteiger partial charge on any atom is 0.329 e. The van der Waals surface area contributed by atoms with Gasteiger partial charge in [0.05, 0.1) is 5.00 Å². The standard InChI is InChI=1S/C23H30N2O4S/c1-23(2,3)29-22(27)19(25(16-26)21-11-7-13-30-21)9-6-12-24-15-18-14-17-8-4-5-10-20(17)28-18/h4-5,7-8,10-11,13,16,18-19,24H,6,9,12,14-15H2,1-3H3. The zero-order valence-electron chi connectivity index (χ0n) is 17.8. The highest BCUT2D eigenvalue weighted by molar-refractivity contribution is 7.14. The lowest BCUT2D eigenvalue weighted by molar-refractivity contribution is -0.157. The van der Waals surface area contributed by atoms with Gasteiger partial charge in [0.2, 0.25) is 6.41 Å². The molecule has 2 heterocycles. The van der Waals surface area contributed by atoms with Crippen molar-refractivity contribution >= 4 is 28.7 Å². The number of carbonyl (C=O) groups is 2. The van der Waals surface area contributed by atoms with Crippen LogP contribution in [0.2, 0.25) is 0 Å². The van der Waals surface area contributed by atoms with Gasteiger partial charge < -0.3 is 14.8 Å². The predicted octanol–water partition coefficient (Wildman–Crippen LogP) is 3.79. The molecule has 0 saturated carbocycles. The van der Waals surface area contributed by atoms with Crippen LogP contribution in [0.25, 0.3) is 0 Å². The largest absolute Gasteiger partial charge is 0.488 e. The number of nitrogens with zero attached hydrogens (tertiary/aromatic N) is 1. The van der Waals surface area contributed by atoms with E-state index in [0.717, 1.165) is 43.1 Å². The maximum atomic E-state index is 12.8. The number of thiophene rings is 1. The summed E-state index contributed by atoms with van der Waals surface area (Å²) in [6.45, 7) is 6.97. The van der Waals surface area contributed by atoms with E-state index >= 15 is 0 Å². The van der Waals surface area contributed by atoms with E-state index in [1.807, 2.05) is 56.5 Å². The van der Waals surface area contributed by atoms with E-state index in [9.17, 15) is 9.59 Å². The monoisotopic (exact) mass is 430 g/mol. The molecular weight excluding hydrogens is 400 g/mol. The van der Waals surface area contributed by atoms with Crippen LogP contribution in [0.4, 0.5) is 5.00 Å². The number of esters is 1. The number of fused-ring (bicyclic) bond motifs is 1. The van der Waals surface area contributed by atoms with Crippen LogP contribution in [0.15, 0.2) is 41.8 Å². The van der Waals surface area contributed by atoms with E-state index in [2.05, 4.69) is 11.4 Å². The topological polar surface area (TPSA) is 67.9 Å². The first-order chi connectivity index (χ1) is 14.4. The molecule has 6 nitrogen and oxygen atoms in total. The number of benzene rings is 1. The average Bonchev–Trinajstić information content (AvgIpc) is 3.35. The van der Waals surface area contributed by atoms with Gasteiger partial charge in [-0.15, -0.1) is 11.3 Å². The first-order valence-corrected chi connectivity index (χ1v) is 11.2. The number of ether oxygens (including phenoxy) is 2. The molecule has 1 aromatic heterocycles. The Kier molecular flexibility index (Phi) is 7.50. The molecule has 0 fully saturated rings. The maximum absolute atomic E-state index is 12.8. The summed E-state index contributed by atoms with van der Waals surface area (Å²) in [6, 6.07) is 11.2. The lowest BCUT2D eigenvalue weighted by Gasteiger charge is -2.29. The van der Waals surface area contributed by atoms with Crippen LogP contribution in [0.1, 0.15) is 39.2 Å². The molecule has 0 spiro atoms. The van der Waals surface area contributed by atoms with Gasteiger partial charge in [0.15, 0.2) is 0 Å². The minimum atomic E-state index is -0.644. The molecule has 2 atom stereocenters. The van der Waals surface area contributed by atoms with Gasteiger partial charge in [-0.05, 0) is 69.3 Å². The van der Waals surface area contributed by atoms with Crippen molar-refractivity contribution in [2.45, 2.75) is 57.8 Å². The third-order valence-electron chi connectivity index (χ3n) is 4.81. The Morgan fingerprint density at radius 3 is 2.80 bits per heavy atom. The van der Waals surface area contributed by atoms with Gasteiger partial charge in [0.1, 0.15) is 23.5 Å². The van der Waals surface area contributed by atoms with Crippen molar-refractivity contribution in [2.75, 3.05) is 18.0 Å². The van der Waals surface area contributed by atoms with Crippen LogP contribution < -0.4 is 15.0 Å². The highest BCUT2D eigenvalue weighted by Gasteiger charge is 2.31. The van der Waals surface area contributed by atoms with Crippen LogP contribution in [0, 0.1) is 0 Å². The van der Waals surface area contributed by atoms with E-state index in [1.54, 1.807) is 0 Å². The SMILES string of the molecule is CC(C)(C)OC(=O)C(CCCNCC1Cc2ccccc2O1)N(C=O)c1cccs1. The molecule has 2 aromatic rings. The molecule has 0 saturated heterocycles. The third kappa shape index (κ3) is 6.06. The Bertz CT molecular complexity index is 807. The van der Waals surface area contributed by atoms with Gasteiger partial charge >= 0.3 is 5.97 Å². The van der Waals surface area contributed by atoms with Crippen molar-refractivity contribution in [1.29, 1.82) is 0 Å². The molecule has 0 bridgehead atoms. The van der Waals surface area contributed by atoms with E-state index in [0.29, 0.717) is 6.42 Å². The fourth-order valence-corrected chi connectivity index (χ4v) is 4.23. The van der Waals surface area contributed by atoms with Crippen LogP contribution in [0.3, 0.4) is 0 Å². The Morgan fingerprint density at radius 2 is 2.13 bits per heavy atom. The lowest BCUT2D eigenvalue weighted by atomic mass is 10.1. The summed E-state index contributed by atoms with van der Waals surface area (Å²) in [4.78, 5) is 26.1. The summed E-state index contributed by atoms with van der Waals surface area (Å²) < 4.78 is 11.5. The number of para-hydroxylation sites is 1. The summed E-state index contributed by atoms with van der Waals surface area (Å²) in [5.41, 5.74) is 0.638. The summed E-state index contributed by atoms with van der Waals surface area (Å²) in [5, 5.41) is 6.04. The van der Waals surface area contributed by atoms with E-state index in [1.165, 1.54) is 21.8 Å². The molecule has 1 amide bonds. The van der Waals surface area contributed by atoms with Crippen molar-refractivity contribution in [2.24, 2.45) is 0 Å². The van der Waals surface area contributed by atoms with Crippen LogP contribution in [-0.4, -0.2) is 43.2 Å². The van der Waals surface area contributed by atoms with Gasteiger partial charge in [0, 0.05) is 13.0 Å². The molecule has 30 heavy (non-hydrogen) atoms. The Balaban J connectivity index is 1.51. The van der Waals surface area contributed by atoms with Gasteiger partial charge in [0.25, 0.3) is 0 Å². The van der Waals surface area contributed by atoms with Crippen molar-refractivity contribution in [3.63, 3.8) is 0 Å². The minimum Gasteiger partial charge on any atom is -0.488 e. The summed E-state index contributed by atoms with van der Waals surface area (Å²) in [5.74, 6) is 0.587. The normalized spacial score (nSPS) is 16.4. The summed E-state index contributed by atoms with van der Waals surface area (Å²) >= 11 is 1.43. The molecule has 1 N–H and O–H groups in total. The molecule has 2 unspecified atom stereocenters. The zero-order chi connectivity index (χ0) is 21.6. The molecule has 3 rings (SSSR count). The summed E-state index contributed by atoms with van der Waals surface area (Å²) in [6.07, 6.45) is 3.00. The van der Waals surface area contributed by atoms with Crippen molar-refractivity contribution in [3.05, 3.63) is 47.3 Å². The molecule has 0 aliphatic carbocycles. The second kappa shape index (κ2) is 10.1. The highest BCUT2D eigenvalue weighted by atomic mass is 32.1. The Morgan fingerprint density at radius 1 is 1.33 bits per heavy atom. The number of nitrogens with one attached hydrogen (secondary N) is 1. The molecule has 162 valence electrons. The molecule has 1 aromatic carbocycles. The molecular formula is C23H30N2O4S. The highest BCUT2D eigenvalue weighted by Crippen LogP contribution is 2.28. The van der Waals surface area contributed by atoms with Gasteiger partial charge in [-0.2, -0.15) is 0 Å². The van der Waals surface area contributed by atoms with E-state index < -0.39 is 11.6 Å².